The number of rotatable bonds is 4. The molecule has 0 amide bonds. The molecule has 0 saturated carbocycles. The molecule has 0 aromatic heterocycles. The van der Waals surface area contributed by atoms with Crippen LogP contribution in [0.2, 0.25) is 0 Å². The second-order valence-electron chi connectivity index (χ2n) is 4.23. The van der Waals surface area contributed by atoms with E-state index in [0.29, 0.717) is 6.29 Å². The van der Waals surface area contributed by atoms with Gasteiger partial charge in [-0.1, -0.05) is 0 Å². The highest BCUT2D eigenvalue weighted by Crippen LogP contribution is 2.04. The molecule has 3 N–H and O–H groups in total. The van der Waals surface area contributed by atoms with Crippen LogP contribution >= 0.6 is 0 Å². The van der Waals surface area contributed by atoms with Crippen LogP contribution in [0.4, 0.5) is 0 Å². The summed E-state index contributed by atoms with van der Waals surface area (Å²) >= 11 is 0. The van der Waals surface area contributed by atoms with Crippen LogP contribution in [0.5, 0.6) is 0 Å². The molecule has 0 aromatic carbocycles. The van der Waals surface area contributed by atoms with Crippen LogP contribution in [0.3, 0.4) is 0 Å². The van der Waals surface area contributed by atoms with Gasteiger partial charge in [0.1, 0.15) is 18.5 Å². The van der Waals surface area contributed by atoms with E-state index < -0.39 is 43.0 Å². The van der Waals surface area contributed by atoms with Crippen molar-refractivity contribution < 1.29 is 34.5 Å². The SMILES string of the molecule is O=CCC1=NCC(O)C(=O)C(=O)C(O)CN=C1C(O)C=O. The first-order valence-electron chi connectivity index (χ1n) is 6.01. The molecule has 0 spiro atoms. The summed E-state index contributed by atoms with van der Waals surface area (Å²) in [6, 6.07) is 0. The number of carbonyl (C=O) groups excluding carboxylic acids is 4. The Balaban J connectivity index is 3.25. The standard InChI is InChI=1S/C12H14N2O7/c15-2-1-6-10(9(19)5-16)14-4-8(18)12(21)11(20)7(17)3-13-6/h2,5,7-9,17-19H,1,3-4H2. The smallest absolute Gasteiger partial charge is 0.231 e. The number of ketones is 2. The molecule has 3 unspecified atom stereocenters. The van der Waals surface area contributed by atoms with Crippen molar-refractivity contribution in [3.63, 3.8) is 0 Å². The average molecular weight is 298 g/mol. The number of Topliss-reactive ketones (excluding diaryl/α,β-unsaturated/α-hetero) is 2. The quantitative estimate of drug-likeness (QED) is 0.366. The predicted octanol–water partition coefficient (Wildman–Crippen LogP) is -3.11. The van der Waals surface area contributed by atoms with Crippen molar-refractivity contribution in [1.82, 2.24) is 0 Å². The first-order chi connectivity index (χ1) is 9.92. The largest absolute Gasteiger partial charge is 0.383 e. The van der Waals surface area contributed by atoms with E-state index in [4.69, 9.17) is 0 Å². The molecule has 9 heteroatoms. The summed E-state index contributed by atoms with van der Waals surface area (Å²) in [6.45, 7) is -1.15. The van der Waals surface area contributed by atoms with Crippen molar-refractivity contribution in [2.45, 2.75) is 24.7 Å². The second kappa shape index (κ2) is 7.62. The van der Waals surface area contributed by atoms with Gasteiger partial charge in [-0.25, -0.2) is 0 Å². The van der Waals surface area contributed by atoms with Crippen molar-refractivity contribution in [3.05, 3.63) is 0 Å². The van der Waals surface area contributed by atoms with Gasteiger partial charge < -0.3 is 24.9 Å². The highest BCUT2D eigenvalue weighted by molar-refractivity contribution is 6.48. The zero-order chi connectivity index (χ0) is 16.0. The molecule has 114 valence electrons. The maximum absolute atomic E-state index is 11.5. The number of hydrogen-bond acceptors (Lipinski definition) is 9. The summed E-state index contributed by atoms with van der Waals surface area (Å²) in [6.07, 6.45) is -5.01. The molecule has 0 radical (unpaired) electrons. The molecule has 0 aliphatic carbocycles. The monoisotopic (exact) mass is 298 g/mol. The lowest BCUT2D eigenvalue weighted by atomic mass is 10.0. The van der Waals surface area contributed by atoms with Crippen LogP contribution in [0, 0.1) is 0 Å². The molecule has 21 heavy (non-hydrogen) atoms. The Labute approximate surface area is 119 Å². The predicted molar refractivity (Wildman–Crippen MR) is 69.4 cm³/mol. The summed E-state index contributed by atoms with van der Waals surface area (Å²) in [7, 11) is 0. The van der Waals surface area contributed by atoms with E-state index in [1.165, 1.54) is 0 Å². The van der Waals surface area contributed by atoms with E-state index in [0.717, 1.165) is 0 Å². The minimum atomic E-state index is -1.81. The summed E-state index contributed by atoms with van der Waals surface area (Å²) in [5.41, 5.74) is -0.386. The Kier molecular flexibility index (Phi) is 6.15. The second-order valence-corrected chi connectivity index (χ2v) is 4.23. The lowest BCUT2D eigenvalue weighted by Crippen LogP contribution is -2.41. The number of aliphatic hydroxyl groups is 3. The van der Waals surface area contributed by atoms with Gasteiger partial charge in [-0.2, -0.15) is 0 Å². The summed E-state index contributed by atoms with van der Waals surface area (Å²) in [4.78, 5) is 51.6. The molecule has 1 heterocycles. The summed E-state index contributed by atoms with van der Waals surface area (Å²) in [5.74, 6) is -2.45. The van der Waals surface area contributed by atoms with E-state index in [2.05, 4.69) is 9.98 Å². The van der Waals surface area contributed by atoms with E-state index in [1.54, 1.807) is 0 Å². The van der Waals surface area contributed by atoms with Crippen molar-refractivity contribution in [1.29, 1.82) is 0 Å². The Bertz CT molecular complexity index is 512. The highest BCUT2D eigenvalue weighted by atomic mass is 16.3. The average Bonchev–Trinajstić information content (AvgIpc) is 2.49. The fourth-order valence-electron chi connectivity index (χ4n) is 1.62. The molecule has 0 aromatic rings. The van der Waals surface area contributed by atoms with Crippen molar-refractivity contribution in [2.24, 2.45) is 9.98 Å². The summed E-state index contributed by atoms with van der Waals surface area (Å²) in [5, 5.41) is 28.6. The molecule has 0 bridgehead atoms. The van der Waals surface area contributed by atoms with Gasteiger partial charge in [-0.15, -0.1) is 0 Å². The Morgan fingerprint density at radius 3 is 2.10 bits per heavy atom. The van der Waals surface area contributed by atoms with Crippen LogP contribution in [0.1, 0.15) is 6.42 Å². The zero-order valence-corrected chi connectivity index (χ0v) is 10.9. The first-order valence-corrected chi connectivity index (χ1v) is 6.01. The van der Waals surface area contributed by atoms with E-state index in [1.807, 2.05) is 0 Å². The number of aldehydes is 2. The normalized spacial score (nSPS) is 25.7. The number of aliphatic hydroxyl groups excluding tert-OH is 3. The van der Waals surface area contributed by atoms with Crippen molar-refractivity contribution in [3.8, 4) is 0 Å². The maximum Gasteiger partial charge on any atom is 0.231 e. The number of aliphatic imine (C=N–C) groups is 2. The lowest BCUT2D eigenvalue weighted by Gasteiger charge is -2.16. The molecular weight excluding hydrogens is 284 g/mol. The Morgan fingerprint density at radius 2 is 1.62 bits per heavy atom. The lowest BCUT2D eigenvalue weighted by molar-refractivity contribution is -0.145. The third kappa shape index (κ3) is 4.18. The van der Waals surface area contributed by atoms with Crippen LogP contribution < -0.4 is 0 Å². The van der Waals surface area contributed by atoms with Gasteiger partial charge in [0.2, 0.25) is 11.6 Å². The van der Waals surface area contributed by atoms with Crippen LogP contribution in [-0.2, 0) is 19.2 Å². The molecule has 3 atom stereocenters. The third-order valence-electron chi connectivity index (χ3n) is 2.72. The zero-order valence-electron chi connectivity index (χ0n) is 10.9. The molecule has 9 nitrogen and oxygen atoms in total. The molecule has 0 fully saturated rings. The number of nitrogens with zero attached hydrogens (tertiary/aromatic N) is 2. The highest BCUT2D eigenvalue weighted by Gasteiger charge is 2.30. The Hall–Kier alpha value is -2.10. The fourth-order valence-corrected chi connectivity index (χ4v) is 1.62. The molecule has 1 aliphatic rings. The van der Waals surface area contributed by atoms with Crippen LogP contribution in [0.15, 0.2) is 9.98 Å². The molecular formula is C12H14N2O7. The molecule has 1 rings (SSSR count). The third-order valence-corrected chi connectivity index (χ3v) is 2.72. The van der Waals surface area contributed by atoms with Crippen molar-refractivity contribution in [2.75, 3.05) is 13.1 Å². The first kappa shape index (κ1) is 17.0. The minimum Gasteiger partial charge on any atom is -0.383 e. The molecule has 0 saturated heterocycles. The maximum atomic E-state index is 11.5. The van der Waals surface area contributed by atoms with Gasteiger partial charge in [0.25, 0.3) is 0 Å². The van der Waals surface area contributed by atoms with Gasteiger partial charge in [-0.05, 0) is 0 Å². The Morgan fingerprint density at radius 1 is 1.10 bits per heavy atom. The van der Waals surface area contributed by atoms with E-state index in [9.17, 15) is 34.5 Å². The summed E-state index contributed by atoms with van der Waals surface area (Å²) < 4.78 is 0. The van der Waals surface area contributed by atoms with Crippen molar-refractivity contribution >= 4 is 35.6 Å². The topological polar surface area (TPSA) is 154 Å². The minimum absolute atomic E-state index is 0.0991. The van der Waals surface area contributed by atoms with Crippen LogP contribution in [-0.4, -0.2) is 82.3 Å². The number of carbonyl (C=O) groups is 4. The van der Waals surface area contributed by atoms with Gasteiger partial charge in [0.15, 0.2) is 12.4 Å². The van der Waals surface area contributed by atoms with Gasteiger partial charge in [-0.3, -0.25) is 19.6 Å². The fraction of sp³-hybridized carbons (Fsp3) is 0.500. The number of hydrogen-bond donors (Lipinski definition) is 3. The molecule has 1 aliphatic heterocycles. The van der Waals surface area contributed by atoms with Crippen LogP contribution in [0.25, 0.3) is 0 Å². The van der Waals surface area contributed by atoms with E-state index in [-0.39, 0.29) is 24.1 Å². The van der Waals surface area contributed by atoms with E-state index >= 15 is 0 Å². The van der Waals surface area contributed by atoms with Gasteiger partial charge >= 0.3 is 0 Å². The van der Waals surface area contributed by atoms with Gasteiger partial charge in [0, 0.05) is 6.42 Å². The van der Waals surface area contributed by atoms with Gasteiger partial charge in [0.05, 0.1) is 24.5 Å².